The zero-order chi connectivity index (χ0) is 15.1. The first-order valence-electron chi connectivity index (χ1n) is 7.20. The molecule has 2 aromatic heterocycles. The van der Waals surface area contributed by atoms with Crippen LogP contribution in [-0.4, -0.2) is 19.3 Å². The van der Waals surface area contributed by atoms with Crippen LogP contribution in [0.4, 0.5) is 5.69 Å². The summed E-state index contributed by atoms with van der Waals surface area (Å²) in [5.74, 6) is 1.44. The van der Waals surface area contributed by atoms with E-state index in [0.717, 1.165) is 34.8 Å². The van der Waals surface area contributed by atoms with Crippen LogP contribution >= 0.6 is 0 Å². The molecule has 21 heavy (non-hydrogen) atoms. The number of aryl methyl sites for hydroxylation is 2. The predicted octanol–water partition coefficient (Wildman–Crippen LogP) is 2.83. The van der Waals surface area contributed by atoms with E-state index in [2.05, 4.69) is 35.8 Å². The Morgan fingerprint density at radius 1 is 1.29 bits per heavy atom. The second kappa shape index (κ2) is 4.91. The van der Waals surface area contributed by atoms with Gasteiger partial charge >= 0.3 is 0 Å². The topological polar surface area (TPSA) is 61.7 Å². The van der Waals surface area contributed by atoms with Crippen LogP contribution in [0.1, 0.15) is 36.8 Å². The van der Waals surface area contributed by atoms with Crippen molar-refractivity contribution < 1.29 is 0 Å². The van der Waals surface area contributed by atoms with Crippen molar-refractivity contribution in [2.45, 2.75) is 33.2 Å². The highest BCUT2D eigenvalue weighted by molar-refractivity contribution is 5.80. The molecule has 2 N–H and O–H groups in total. The molecule has 0 spiro atoms. The molecule has 1 aromatic carbocycles. The lowest BCUT2D eigenvalue weighted by Crippen LogP contribution is -2.07. The van der Waals surface area contributed by atoms with Crippen LogP contribution in [0.25, 0.3) is 11.0 Å². The molecule has 5 heteroatoms. The predicted molar refractivity (Wildman–Crippen MR) is 85.3 cm³/mol. The third-order valence-corrected chi connectivity index (χ3v) is 3.76. The minimum atomic E-state index is 0.357. The van der Waals surface area contributed by atoms with Crippen LogP contribution < -0.4 is 5.73 Å². The highest BCUT2D eigenvalue weighted by Gasteiger charge is 2.15. The molecular formula is C16H21N5. The van der Waals surface area contributed by atoms with Crippen LogP contribution in [0.5, 0.6) is 0 Å². The number of nitrogens with two attached hydrogens (primary N) is 1. The Balaban J connectivity index is 2.15. The SMILES string of the molecule is Cc1nn(C)cc1Cn1c(C(C)C)nc2cc(N)ccc21. The van der Waals surface area contributed by atoms with Gasteiger partial charge in [-0.2, -0.15) is 5.10 Å². The molecule has 110 valence electrons. The van der Waals surface area contributed by atoms with Crippen molar-refractivity contribution in [3.05, 3.63) is 41.5 Å². The maximum absolute atomic E-state index is 5.88. The number of nitrogen functional groups attached to an aromatic ring is 1. The van der Waals surface area contributed by atoms with E-state index in [1.54, 1.807) is 0 Å². The summed E-state index contributed by atoms with van der Waals surface area (Å²) in [5.41, 5.74) is 11.0. The monoisotopic (exact) mass is 283 g/mol. The van der Waals surface area contributed by atoms with Gasteiger partial charge in [0.25, 0.3) is 0 Å². The molecule has 0 fully saturated rings. The van der Waals surface area contributed by atoms with E-state index < -0.39 is 0 Å². The van der Waals surface area contributed by atoms with Gasteiger partial charge in [0.1, 0.15) is 5.82 Å². The Morgan fingerprint density at radius 2 is 2.05 bits per heavy atom. The van der Waals surface area contributed by atoms with Crippen molar-refractivity contribution >= 4 is 16.7 Å². The van der Waals surface area contributed by atoms with E-state index in [-0.39, 0.29) is 0 Å². The van der Waals surface area contributed by atoms with Crippen molar-refractivity contribution in [3.8, 4) is 0 Å². The molecule has 0 amide bonds. The van der Waals surface area contributed by atoms with Crippen LogP contribution in [0.15, 0.2) is 24.4 Å². The lowest BCUT2D eigenvalue weighted by molar-refractivity contribution is 0.681. The van der Waals surface area contributed by atoms with Gasteiger partial charge < -0.3 is 10.3 Å². The summed E-state index contributed by atoms with van der Waals surface area (Å²) in [6.07, 6.45) is 2.07. The number of hydrogen-bond donors (Lipinski definition) is 1. The van der Waals surface area contributed by atoms with Crippen LogP contribution in [-0.2, 0) is 13.6 Å². The number of nitrogens with zero attached hydrogens (tertiary/aromatic N) is 4. The van der Waals surface area contributed by atoms with Crippen LogP contribution in [0.2, 0.25) is 0 Å². The summed E-state index contributed by atoms with van der Waals surface area (Å²) < 4.78 is 4.13. The second-order valence-corrected chi connectivity index (χ2v) is 5.87. The zero-order valence-corrected chi connectivity index (χ0v) is 13.0. The normalized spacial score (nSPS) is 11.7. The lowest BCUT2D eigenvalue weighted by Gasteiger charge is -2.11. The van der Waals surface area contributed by atoms with Gasteiger partial charge in [-0.25, -0.2) is 4.98 Å². The van der Waals surface area contributed by atoms with E-state index >= 15 is 0 Å². The summed E-state index contributed by atoms with van der Waals surface area (Å²) >= 11 is 0. The lowest BCUT2D eigenvalue weighted by atomic mass is 10.2. The highest BCUT2D eigenvalue weighted by atomic mass is 15.3. The molecule has 0 unspecified atom stereocenters. The Hall–Kier alpha value is -2.30. The van der Waals surface area contributed by atoms with Crippen LogP contribution in [0, 0.1) is 6.92 Å². The molecule has 0 atom stereocenters. The van der Waals surface area contributed by atoms with E-state index in [1.165, 1.54) is 5.56 Å². The molecule has 3 rings (SSSR count). The maximum Gasteiger partial charge on any atom is 0.112 e. The Bertz CT molecular complexity index is 794. The van der Waals surface area contributed by atoms with Gasteiger partial charge in [-0.05, 0) is 25.1 Å². The van der Waals surface area contributed by atoms with Gasteiger partial charge in [-0.1, -0.05) is 13.8 Å². The van der Waals surface area contributed by atoms with Gasteiger partial charge in [0.2, 0.25) is 0 Å². The average Bonchev–Trinajstić information content (AvgIpc) is 2.90. The number of aromatic nitrogens is 4. The molecule has 3 aromatic rings. The first-order chi connectivity index (χ1) is 9.95. The largest absolute Gasteiger partial charge is 0.399 e. The summed E-state index contributed by atoms with van der Waals surface area (Å²) in [7, 11) is 1.95. The van der Waals surface area contributed by atoms with Crippen molar-refractivity contribution in [3.63, 3.8) is 0 Å². The molecule has 0 aliphatic carbocycles. The number of rotatable bonds is 3. The fourth-order valence-corrected chi connectivity index (χ4v) is 2.75. The summed E-state index contributed by atoms with van der Waals surface area (Å²) in [6, 6.07) is 5.92. The first-order valence-corrected chi connectivity index (χ1v) is 7.20. The average molecular weight is 283 g/mol. The molecule has 0 saturated carbocycles. The number of anilines is 1. The molecule has 0 aliphatic rings. The smallest absolute Gasteiger partial charge is 0.112 e. The Kier molecular flexibility index (Phi) is 3.20. The number of hydrogen-bond acceptors (Lipinski definition) is 3. The molecule has 2 heterocycles. The van der Waals surface area contributed by atoms with Gasteiger partial charge in [0.05, 0.1) is 23.3 Å². The minimum Gasteiger partial charge on any atom is -0.399 e. The molecule has 0 bridgehead atoms. The molecule has 0 radical (unpaired) electrons. The van der Waals surface area contributed by atoms with Crippen LogP contribution in [0.3, 0.4) is 0 Å². The fraction of sp³-hybridized carbons (Fsp3) is 0.375. The van der Waals surface area contributed by atoms with Crippen molar-refractivity contribution in [1.29, 1.82) is 0 Å². The van der Waals surface area contributed by atoms with Gasteiger partial charge in [0.15, 0.2) is 0 Å². The van der Waals surface area contributed by atoms with E-state index in [0.29, 0.717) is 5.92 Å². The van der Waals surface area contributed by atoms with Gasteiger partial charge in [0, 0.05) is 30.4 Å². The summed E-state index contributed by atoms with van der Waals surface area (Å²) in [5, 5.41) is 4.42. The Labute approximate surface area is 124 Å². The molecule has 0 saturated heterocycles. The number of benzene rings is 1. The van der Waals surface area contributed by atoms with E-state index in [4.69, 9.17) is 10.7 Å². The minimum absolute atomic E-state index is 0.357. The first kappa shape index (κ1) is 13.7. The van der Waals surface area contributed by atoms with Crippen molar-refractivity contribution in [2.75, 3.05) is 5.73 Å². The molecular weight excluding hydrogens is 262 g/mol. The van der Waals surface area contributed by atoms with E-state index in [1.807, 2.05) is 30.8 Å². The van der Waals surface area contributed by atoms with Crippen molar-refractivity contribution in [1.82, 2.24) is 19.3 Å². The van der Waals surface area contributed by atoms with Gasteiger partial charge in [-0.3, -0.25) is 4.68 Å². The zero-order valence-electron chi connectivity index (χ0n) is 13.0. The quantitative estimate of drug-likeness (QED) is 0.752. The van der Waals surface area contributed by atoms with Crippen molar-refractivity contribution in [2.24, 2.45) is 7.05 Å². The standard InChI is InChI=1S/C16H21N5/c1-10(2)16-18-14-7-13(17)5-6-15(14)21(16)9-12-8-20(4)19-11(12)3/h5-8,10H,9,17H2,1-4H3. The van der Waals surface area contributed by atoms with E-state index in [9.17, 15) is 0 Å². The second-order valence-electron chi connectivity index (χ2n) is 5.87. The maximum atomic E-state index is 5.88. The summed E-state index contributed by atoms with van der Waals surface area (Å²) in [6.45, 7) is 7.16. The molecule has 5 nitrogen and oxygen atoms in total. The summed E-state index contributed by atoms with van der Waals surface area (Å²) in [4.78, 5) is 4.76. The Morgan fingerprint density at radius 3 is 2.67 bits per heavy atom. The number of imidazole rings is 1. The third-order valence-electron chi connectivity index (χ3n) is 3.76. The number of fused-ring (bicyclic) bond motifs is 1. The third kappa shape index (κ3) is 2.39. The molecule has 0 aliphatic heterocycles. The fourth-order valence-electron chi connectivity index (χ4n) is 2.75. The highest BCUT2D eigenvalue weighted by Crippen LogP contribution is 2.25. The van der Waals surface area contributed by atoms with Gasteiger partial charge in [-0.15, -0.1) is 0 Å².